The molecule has 0 aliphatic carbocycles. The summed E-state index contributed by atoms with van der Waals surface area (Å²) in [6.07, 6.45) is 0.444. The summed E-state index contributed by atoms with van der Waals surface area (Å²) in [4.78, 5) is 23.9. The Morgan fingerprint density at radius 2 is 1.75 bits per heavy atom. The van der Waals surface area contributed by atoms with Crippen LogP contribution in [0.5, 0.6) is 11.5 Å². The second-order valence-corrected chi connectivity index (χ2v) is 5.55. The quantitative estimate of drug-likeness (QED) is 0.287. The summed E-state index contributed by atoms with van der Waals surface area (Å²) in [7, 11) is 0. The van der Waals surface area contributed by atoms with E-state index in [0.717, 1.165) is 6.08 Å². The predicted octanol–water partition coefficient (Wildman–Crippen LogP) is 2.76. The molecule has 1 heterocycles. The van der Waals surface area contributed by atoms with Crippen molar-refractivity contribution in [1.82, 2.24) is 15.0 Å². The van der Waals surface area contributed by atoms with Gasteiger partial charge in [0.05, 0.1) is 13.2 Å². The minimum atomic E-state index is -0.926. The van der Waals surface area contributed by atoms with E-state index < -0.39 is 12.1 Å². The van der Waals surface area contributed by atoms with Crippen LogP contribution < -0.4 is 4.74 Å². The van der Waals surface area contributed by atoms with Crippen molar-refractivity contribution in [3.63, 3.8) is 0 Å². The summed E-state index contributed by atoms with van der Waals surface area (Å²) < 4.78 is 14.8. The van der Waals surface area contributed by atoms with E-state index in [1.54, 1.807) is 12.1 Å². The highest BCUT2D eigenvalue weighted by atomic mass is 16.7. The van der Waals surface area contributed by atoms with Gasteiger partial charge in [0.15, 0.2) is 0 Å². The lowest BCUT2D eigenvalue weighted by molar-refractivity contribution is -0.138. The highest BCUT2D eigenvalue weighted by molar-refractivity contribution is 5.81. The Labute approximate surface area is 159 Å². The Hall–Kier alpha value is -3.88. The van der Waals surface area contributed by atoms with Gasteiger partial charge in [0, 0.05) is 18.6 Å². The number of aromatic hydroxyl groups is 1. The standard InChI is InChI=1S/C19H17N3O6/c1-2-18(24)26-10-5-11-27-19(25)28-13-8-9-17(23)16(12-13)22-20-14-6-3-4-7-15(14)21-22/h2-4,6-9,12,23H,1,5,10-11H2. The SMILES string of the molecule is C=CC(=O)OCCCOC(=O)Oc1ccc(O)c(-n2nc3ccccc3n2)c1. The van der Waals surface area contributed by atoms with Crippen LogP contribution >= 0.6 is 0 Å². The van der Waals surface area contributed by atoms with E-state index >= 15 is 0 Å². The Morgan fingerprint density at radius 1 is 1.07 bits per heavy atom. The van der Waals surface area contributed by atoms with Gasteiger partial charge in [-0.25, -0.2) is 9.59 Å². The van der Waals surface area contributed by atoms with Crippen LogP contribution in [0.4, 0.5) is 4.79 Å². The topological polar surface area (TPSA) is 113 Å². The van der Waals surface area contributed by atoms with Crippen LogP contribution in [0.2, 0.25) is 0 Å². The number of phenolic OH excluding ortho intramolecular Hbond substituents is 1. The molecule has 0 aliphatic rings. The third-order valence-electron chi connectivity index (χ3n) is 3.57. The molecule has 9 heteroatoms. The van der Waals surface area contributed by atoms with E-state index in [2.05, 4.69) is 16.8 Å². The van der Waals surface area contributed by atoms with E-state index in [1.165, 1.54) is 23.0 Å². The number of benzene rings is 2. The molecule has 9 nitrogen and oxygen atoms in total. The van der Waals surface area contributed by atoms with Gasteiger partial charge in [-0.05, 0) is 24.3 Å². The highest BCUT2D eigenvalue weighted by Crippen LogP contribution is 2.26. The van der Waals surface area contributed by atoms with Crippen LogP contribution in [-0.2, 0) is 14.3 Å². The molecule has 0 saturated carbocycles. The molecule has 0 spiro atoms. The summed E-state index contributed by atoms with van der Waals surface area (Å²) in [6.45, 7) is 3.39. The first-order valence-corrected chi connectivity index (χ1v) is 8.36. The molecule has 0 amide bonds. The maximum atomic E-state index is 11.8. The van der Waals surface area contributed by atoms with Crippen LogP contribution in [0.1, 0.15) is 6.42 Å². The molecule has 0 aliphatic heterocycles. The zero-order valence-electron chi connectivity index (χ0n) is 14.8. The van der Waals surface area contributed by atoms with Gasteiger partial charge in [-0.2, -0.15) is 0 Å². The second-order valence-electron chi connectivity index (χ2n) is 5.55. The molecule has 2 aromatic carbocycles. The van der Waals surface area contributed by atoms with Crippen molar-refractivity contribution in [3.8, 4) is 17.2 Å². The summed E-state index contributed by atoms with van der Waals surface area (Å²) >= 11 is 0. The number of fused-ring (bicyclic) bond motifs is 1. The van der Waals surface area contributed by atoms with E-state index in [1.807, 2.05) is 12.1 Å². The van der Waals surface area contributed by atoms with Crippen molar-refractivity contribution in [1.29, 1.82) is 0 Å². The minimum absolute atomic E-state index is 0.0142. The molecule has 3 rings (SSSR count). The smallest absolute Gasteiger partial charge is 0.506 e. The van der Waals surface area contributed by atoms with Crippen molar-refractivity contribution in [2.24, 2.45) is 0 Å². The third kappa shape index (κ3) is 4.64. The summed E-state index contributed by atoms with van der Waals surface area (Å²) in [5.41, 5.74) is 1.56. The van der Waals surface area contributed by atoms with Gasteiger partial charge in [0.25, 0.3) is 0 Å². The fourth-order valence-corrected chi connectivity index (χ4v) is 2.27. The van der Waals surface area contributed by atoms with Gasteiger partial charge in [-0.15, -0.1) is 15.0 Å². The number of esters is 1. The zero-order valence-corrected chi connectivity index (χ0v) is 14.8. The third-order valence-corrected chi connectivity index (χ3v) is 3.57. The van der Waals surface area contributed by atoms with Crippen molar-refractivity contribution in [2.75, 3.05) is 13.2 Å². The maximum Gasteiger partial charge on any atom is 0.513 e. The lowest BCUT2D eigenvalue weighted by Crippen LogP contribution is -2.13. The van der Waals surface area contributed by atoms with Crippen LogP contribution in [0.3, 0.4) is 0 Å². The molecule has 0 atom stereocenters. The van der Waals surface area contributed by atoms with Crippen molar-refractivity contribution in [3.05, 3.63) is 55.1 Å². The fraction of sp³-hybridized carbons (Fsp3) is 0.158. The van der Waals surface area contributed by atoms with E-state index in [-0.39, 0.29) is 30.4 Å². The Bertz CT molecular complexity index is 981. The van der Waals surface area contributed by atoms with E-state index in [9.17, 15) is 14.7 Å². The van der Waals surface area contributed by atoms with Gasteiger partial charge in [-0.3, -0.25) is 0 Å². The normalized spacial score (nSPS) is 10.4. The fourth-order valence-electron chi connectivity index (χ4n) is 2.27. The highest BCUT2D eigenvalue weighted by Gasteiger charge is 2.13. The largest absolute Gasteiger partial charge is 0.513 e. The number of hydrogen-bond donors (Lipinski definition) is 1. The molecule has 0 fully saturated rings. The lowest BCUT2D eigenvalue weighted by Gasteiger charge is -2.08. The first-order valence-electron chi connectivity index (χ1n) is 8.36. The number of ether oxygens (including phenoxy) is 3. The van der Waals surface area contributed by atoms with Crippen LogP contribution in [0.25, 0.3) is 16.7 Å². The molecule has 144 valence electrons. The predicted molar refractivity (Wildman–Crippen MR) is 98.3 cm³/mol. The average molecular weight is 383 g/mol. The number of phenols is 1. The van der Waals surface area contributed by atoms with Gasteiger partial charge >= 0.3 is 12.1 Å². The molecule has 0 bridgehead atoms. The average Bonchev–Trinajstić information content (AvgIpc) is 3.13. The summed E-state index contributed by atoms with van der Waals surface area (Å²) in [6, 6.07) is 11.4. The Kier molecular flexibility index (Phi) is 5.85. The van der Waals surface area contributed by atoms with Gasteiger partial charge < -0.3 is 19.3 Å². The molecule has 0 unspecified atom stereocenters. The second kappa shape index (κ2) is 8.67. The number of nitrogens with zero attached hydrogens (tertiary/aromatic N) is 3. The Balaban J connectivity index is 1.60. The maximum absolute atomic E-state index is 11.8. The Morgan fingerprint density at radius 3 is 2.43 bits per heavy atom. The van der Waals surface area contributed by atoms with E-state index in [4.69, 9.17) is 14.2 Å². The van der Waals surface area contributed by atoms with Gasteiger partial charge in [0.2, 0.25) is 0 Å². The zero-order chi connectivity index (χ0) is 19.9. The first-order chi connectivity index (χ1) is 13.6. The molecule has 3 aromatic rings. The molecular weight excluding hydrogens is 366 g/mol. The summed E-state index contributed by atoms with van der Waals surface area (Å²) in [5, 5.41) is 18.7. The number of hydrogen-bond acceptors (Lipinski definition) is 8. The van der Waals surface area contributed by atoms with Gasteiger partial charge in [0.1, 0.15) is 28.2 Å². The first kappa shape index (κ1) is 18.9. The molecule has 0 radical (unpaired) electrons. The van der Waals surface area contributed by atoms with Crippen LogP contribution in [0.15, 0.2) is 55.1 Å². The van der Waals surface area contributed by atoms with Crippen molar-refractivity contribution >= 4 is 23.2 Å². The lowest BCUT2D eigenvalue weighted by atomic mass is 10.3. The number of rotatable bonds is 7. The van der Waals surface area contributed by atoms with Crippen LogP contribution in [-0.4, -0.2) is 45.4 Å². The molecule has 28 heavy (non-hydrogen) atoms. The van der Waals surface area contributed by atoms with Crippen LogP contribution in [0, 0.1) is 0 Å². The number of aromatic nitrogens is 3. The monoisotopic (exact) mass is 383 g/mol. The molecular formula is C19H17N3O6. The van der Waals surface area contributed by atoms with E-state index in [0.29, 0.717) is 17.5 Å². The number of carbonyl (C=O) groups is 2. The molecule has 0 saturated heterocycles. The number of carbonyl (C=O) groups excluding carboxylic acids is 2. The molecule has 1 aromatic heterocycles. The minimum Gasteiger partial charge on any atom is -0.506 e. The summed E-state index contributed by atoms with van der Waals surface area (Å²) in [5.74, 6) is -0.471. The van der Waals surface area contributed by atoms with Crippen molar-refractivity contribution in [2.45, 2.75) is 6.42 Å². The van der Waals surface area contributed by atoms with Gasteiger partial charge in [-0.1, -0.05) is 18.7 Å². The molecule has 1 N–H and O–H groups in total. The van der Waals surface area contributed by atoms with Crippen molar-refractivity contribution < 1.29 is 28.9 Å².